The van der Waals surface area contributed by atoms with Crippen molar-refractivity contribution < 1.29 is 19.1 Å². The zero-order valence-electron chi connectivity index (χ0n) is 15.1. The second-order valence-electron chi connectivity index (χ2n) is 5.94. The van der Waals surface area contributed by atoms with E-state index in [1.54, 1.807) is 36.4 Å². The molecule has 2 rings (SSSR count). The maximum atomic E-state index is 12.5. The third-order valence-corrected chi connectivity index (χ3v) is 3.78. The number of carbonyl (C=O) groups is 3. The Kier molecular flexibility index (Phi) is 7.54. The van der Waals surface area contributed by atoms with Crippen LogP contribution in [0.25, 0.3) is 0 Å². The number of nitrogens with one attached hydrogen (secondary N) is 2. The molecule has 4 N–H and O–H groups in total. The highest BCUT2D eigenvalue weighted by molar-refractivity contribution is 5.96. The van der Waals surface area contributed by atoms with E-state index in [9.17, 15) is 14.4 Å². The second-order valence-corrected chi connectivity index (χ2v) is 5.94. The molecule has 8 heteroatoms. The molecule has 2 aromatic carbocycles. The number of nitrogens with two attached hydrogens (primary N) is 1. The molecule has 0 aliphatic carbocycles. The first-order valence-electron chi connectivity index (χ1n) is 8.54. The number of primary amides is 1. The van der Waals surface area contributed by atoms with Crippen molar-refractivity contribution in [2.24, 2.45) is 5.73 Å². The lowest BCUT2D eigenvalue weighted by atomic mass is 10.1. The molecule has 3 amide bonds. The maximum Gasteiger partial charge on any atom is 0.408 e. The van der Waals surface area contributed by atoms with Crippen LogP contribution in [0.3, 0.4) is 0 Å². The molecule has 144 valence electrons. The minimum atomic E-state index is -1.01. The number of nitriles is 1. The molecule has 0 aliphatic heterocycles. The van der Waals surface area contributed by atoms with Crippen LogP contribution in [0.5, 0.6) is 0 Å². The van der Waals surface area contributed by atoms with Crippen LogP contribution < -0.4 is 16.4 Å². The number of amides is 3. The molecule has 28 heavy (non-hydrogen) atoms. The van der Waals surface area contributed by atoms with Gasteiger partial charge in [-0.25, -0.2) is 4.79 Å². The van der Waals surface area contributed by atoms with Gasteiger partial charge < -0.3 is 21.1 Å². The standard InChI is InChI=1S/C20H20N4O4/c21-12-14-6-8-16(9-7-14)23-19(26)17(10-11-18(22)25)24-20(27)28-13-15-4-2-1-3-5-15/h1-9,17H,10-11,13H2,(H2,22,25)(H,23,26)(H,24,27)/t17-/m0/s1. The Bertz CT molecular complexity index is 860. The van der Waals surface area contributed by atoms with Gasteiger partial charge in [0.1, 0.15) is 12.6 Å². The molecule has 0 saturated carbocycles. The van der Waals surface area contributed by atoms with Crippen molar-refractivity contribution in [3.63, 3.8) is 0 Å². The number of anilines is 1. The largest absolute Gasteiger partial charge is 0.445 e. The lowest BCUT2D eigenvalue weighted by Gasteiger charge is -2.18. The minimum Gasteiger partial charge on any atom is -0.445 e. The number of rotatable bonds is 8. The smallest absolute Gasteiger partial charge is 0.408 e. The zero-order valence-corrected chi connectivity index (χ0v) is 15.1. The number of nitrogens with zero attached hydrogens (tertiary/aromatic N) is 1. The minimum absolute atomic E-state index is 0.0257. The Morgan fingerprint density at radius 3 is 2.36 bits per heavy atom. The summed E-state index contributed by atoms with van der Waals surface area (Å²) in [6, 6.07) is 16.3. The zero-order chi connectivity index (χ0) is 20.4. The van der Waals surface area contributed by atoms with Gasteiger partial charge in [0.25, 0.3) is 0 Å². The molecule has 0 saturated heterocycles. The monoisotopic (exact) mass is 380 g/mol. The van der Waals surface area contributed by atoms with E-state index in [1.807, 2.05) is 24.3 Å². The molecule has 0 spiro atoms. The fraction of sp³-hybridized carbons (Fsp3) is 0.200. The Labute approximate surface area is 162 Å². The maximum absolute atomic E-state index is 12.5. The lowest BCUT2D eigenvalue weighted by molar-refractivity contribution is -0.119. The van der Waals surface area contributed by atoms with Crippen LogP contribution in [0.2, 0.25) is 0 Å². The Balaban J connectivity index is 1.96. The number of hydrogen-bond acceptors (Lipinski definition) is 5. The Hall–Kier alpha value is -3.86. The summed E-state index contributed by atoms with van der Waals surface area (Å²) in [6.07, 6.45) is -0.837. The predicted octanol–water partition coefficient (Wildman–Crippen LogP) is 2.06. The molecule has 2 aromatic rings. The van der Waals surface area contributed by atoms with E-state index in [1.165, 1.54) is 0 Å². The third-order valence-electron chi connectivity index (χ3n) is 3.78. The van der Waals surface area contributed by atoms with E-state index < -0.39 is 23.9 Å². The van der Waals surface area contributed by atoms with Gasteiger partial charge in [0.2, 0.25) is 11.8 Å². The summed E-state index contributed by atoms with van der Waals surface area (Å²) in [7, 11) is 0. The van der Waals surface area contributed by atoms with E-state index in [4.69, 9.17) is 15.7 Å². The van der Waals surface area contributed by atoms with Gasteiger partial charge in [-0.1, -0.05) is 30.3 Å². The molecule has 0 unspecified atom stereocenters. The van der Waals surface area contributed by atoms with E-state index in [-0.39, 0.29) is 19.4 Å². The normalized spacial score (nSPS) is 11.0. The molecular weight excluding hydrogens is 360 g/mol. The molecule has 0 aromatic heterocycles. The summed E-state index contributed by atoms with van der Waals surface area (Å²) in [5.41, 5.74) is 6.85. The summed E-state index contributed by atoms with van der Waals surface area (Å²) in [5.74, 6) is -1.11. The van der Waals surface area contributed by atoms with Crippen molar-refractivity contribution in [2.75, 3.05) is 5.32 Å². The van der Waals surface area contributed by atoms with Gasteiger partial charge in [0.05, 0.1) is 11.6 Å². The molecule has 0 radical (unpaired) electrons. The highest BCUT2D eigenvalue weighted by Gasteiger charge is 2.22. The first kappa shape index (κ1) is 20.5. The van der Waals surface area contributed by atoms with Crippen molar-refractivity contribution in [1.29, 1.82) is 5.26 Å². The Morgan fingerprint density at radius 2 is 1.75 bits per heavy atom. The van der Waals surface area contributed by atoms with Gasteiger partial charge in [-0.05, 0) is 36.2 Å². The average molecular weight is 380 g/mol. The van der Waals surface area contributed by atoms with Crippen LogP contribution in [0.4, 0.5) is 10.5 Å². The second kappa shape index (κ2) is 10.3. The van der Waals surface area contributed by atoms with Crippen molar-refractivity contribution in [3.05, 3.63) is 65.7 Å². The summed E-state index contributed by atoms with van der Waals surface area (Å²) in [6.45, 7) is 0.0481. The van der Waals surface area contributed by atoms with Crippen molar-refractivity contribution in [2.45, 2.75) is 25.5 Å². The van der Waals surface area contributed by atoms with Crippen LogP contribution in [0.1, 0.15) is 24.0 Å². The van der Waals surface area contributed by atoms with Crippen LogP contribution >= 0.6 is 0 Å². The van der Waals surface area contributed by atoms with E-state index in [0.29, 0.717) is 11.3 Å². The summed E-state index contributed by atoms with van der Waals surface area (Å²) >= 11 is 0. The van der Waals surface area contributed by atoms with Crippen LogP contribution in [-0.2, 0) is 20.9 Å². The van der Waals surface area contributed by atoms with Gasteiger partial charge in [-0.2, -0.15) is 5.26 Å². The van der Waals surface area contributed by atoms with E-state index in [0.717, 1.165) is 5.56 Å². The van der Waals surface area contributed by atoms with Gasteiger partial charge >= 0.3 is 6.09 Å². The van der Waals surface area contributed by atoms with Crippen LogP contribution in [0, 0.1) is 11.3 Å². The number of alkyl carbamates (subject to hydrolysis) is 1. The summed E-state index contributed by atoms with van der Waals surface area (Å²) < 4.78 is 5.11. The SMILES string of the molecule is N#Cc1ccc(NC(=O)[C@H](CCC(N)=O)NC(=O)OCc2ccccc2)cc1. The van der Waals surface area contributed by atoms with E-state index in [2.05, 4.69) is 10.6 Å². The van der Waals surface area contributed by atoms with Crippen molar-refractivity contribution in [1.82, 2.24) is 5.32 Å². The predicted molar refractivity (Wildman–Crippen MR) is 102 cm³/mol. The molecule has 0 fully saturated rings. The number of hydrogen-bond donors (Lipinski definition) is 3. The van der Waals surface area contributed by atoms with Crippen LogP contribution in [-0.4, -0.2) is 23.9 Å². The number of carbonyl (C=O) groups excluding carboxylic acids is 3. The topological polar surface area (TPSA) is 134 Å². The van der Waals surface area contributed by atoms with Gasteiger partial charge in [0, 0.05) is 12.1 Å². The average Bonchev–Trinajstić information content (AvgIpc) is 2.70. The highest BCUT2D eigenvalue weighted by atomic mass is 16.5. The first-order valence-corrected chi connectivity index (χ1v) is 8.54. The fourth-order valence-corrected chi connectivity index (χ4v) is 2.32. The van der Waals surface area contributed by atoms with Gasteiger partial charge in [-0.3, -0.25) is 9.59 Å². The summed E-state index contributed by atoms with van der Waals surface area (Å²) in [4.78, 5) is 35.6. The molecule has 1 atom stereocenters. The molecule has 0 aliphatic rings. The Morgan fingerprint density at radius 1 is 1.07 bits per heavy atom. The summed E-state index contributed by atoms with van der Waals surface area (Å²) in [5, 5.41) is 13.9. The molecular formula is C20H20N4O4. The quantitative estimate of drug-likeness (QED) is 0.644. The molecule has 0 bridgehead atoms. The lowest BCUT2D eigenvalue weighted by Crippen LogP contribution is -2.44. The fourth-order valence-electron chi connectivity index (χ4n) is 2.32. The molecule has 8 nitrogen and oxygen atoms in total. The van der Waals surface area contributed by atoms with Gasteiger partial charge in [0.15, 0.2) is 0 Å². The first-order chi connectivity index (χ1) is 13.5. The number of ether oxygens (including phenoxy) is 1. The number of benzene rings is 2. The third kappa shape index (κ3) is 6.80. The van der Waals surface area contributed by atoms with Gasteiger partial charge in [-0.15, -0.1) is 0 Å². The van der Waals surface area contributed by atoms with Crippen molar-refractivity contribution >= 4 is 23.6 Å². The van der Waals surface area contributed by atoms with Crippen molar-refractivity contribution in [3.8, 4) is 6.07 Å². The van der Waals surface area contributed by atoms with Crippen LogP contribution in [0.15, 0.2) is 54.6 Å². The highest BCUT2D eigenvalue weighted by Crippen LogP contribution is 2.11. The molecule has 0 heterocycles. The van der Waals surface area contributed by atoms with E-state index >= 15 is 0 Å².